The summed E-state index contributed by atoms with van der Waals surface area (Å²) in [6, 6.07) is 6.70. The Balaban J connectivity index is 2.11. The van der Waals surface area contributed by atoms with Gasteiger partial charge in [0.15, 0.2) is 0 Å². The molecule has 0 bridgehead atoms. The number of likely N-dealkylation sites (tertiary alicyclic amines) is 1. The van der Waals surface area contributed by atoms with Crippen LogP contribution < -0.4 is 0 Å². The van der Waals surface area contributed by atoms with Crippen LogP contribution >= 0.6 is 0 Å². The van der Waals surface area contributed by atoms with E-state index in [4.69, 9.17) is 4.74 Å². The number of benzene rings is 1. The Hall–Kier alpha value is -1.70. The van der Waals surface area contributed by atoms with Gasteiger partial charge in [-0.3, -0.25) is 0 Å². The number of ether oxygens (including phenoxy) is 1. The molecule has 1 aliphatic rings. The Morgan fingerprint density at radius 1 is 1.19 bits per heavy atom. The zero-order valence-corrected chi connectivity index (χ0v) is 16.2. The fourth-order valence-electron chi connectivity index (χ4n) is 2.96. The zero-order valence-electron chi connectivity index (χ0n) is 15.4. The number of rotatable bonds is 4. The second-order valence-electron chi connectivity index (χ2n) is 7.78. The van der Waals surface area contributed by atoms with Crippen LogP contribution in [0.5, 0.6) is 0 Å². The van der Waals surface area contributed by atoms with E-state index in [1.807, 2.05) is 0 Å². The number of hydrogen-bond acceptors (Lipinski definition) is 4. The second kappa shape index (κ2) is 7.13. The molecule has 0 radical (unpaired) electrons. The largest absolute Gasteiger partial charge is 0.444 e. The van der Waals surface area contributed by atoms with E-state index in [0.29, 0.717) is 0 Å². The van der Waals surface area contributed by atoms with Gasteiger partial charge in [0.2, 0.25) is 9.84 Å². The van der Waals surface area contributed by atoms with Crippen molar-refractivity contribution in [3.05, 3.63) is 30.3 Å². The van der Waals surface area contributed by atoms with Gasteiger partial charge in [0.25, 0.3) is 0 Å². The van der Waals surface area contributed by atoms with Gasteiger partial charge in [-0.15, -0.1) is 0 Å². The van der Waals surface area contributed by atoms with Crippen LogP contribution in [0.15, 0.2) is 35.2 Å². The highest BCUT2D eigenvalue weighted by molar-refractivity contribution is 7.92. The average molecular weight is 389 g/mol. The van der Waals surface area contributed by atoms with E-state index in [0.717, 1.165) is 12.1 Å². The number of nitrogens with zero attached hydrogens (tertiary/aromatic N) is 1. The maximum Gasteiger partial charge on any atom is 0.410 e. The summed E-state index contributed by atoms with van der Waals surface area (Å²) in [5.41, 5.74) is -0.682. The van der Waals surface area contributed by atoms with E-state index in [2.05, 4.69) is 0 Å². The molecule has 1 fully saturated rings. The van der Waals surface area contributed by atoms with Crippen molar-refractivity contribution < 1.29 is 26.7 Å². The van der Waals surface area contributed by atoms with E-state index >= 15 is 0 Å². The van der Waals surface area contributed by atoms with E-state index in [1.54, 1.807) is 33.8 Å². The fourth-order valence-corrected chi connectivity index (χ4v) is 4.26. The molecule has 5 nitrogen and oxygen atoms in total. The van der Waals surface area contributed by atoms with Crippen LogP contribution in [0.3, 0.4) is 0 Å². The first kappa shape index (κ1) is 20.6. The molecule has 1 heterocycles. The Morgan fingerprint density at radius 3 is 2.31 bits per heavy atom. The highest BCUT2D eigenvalue weighted by Crippen LogP contribution is 2.39. The topological polar surface area (TPSA) is 63.7 Å². The zero-order chi connectivity index (χ0) is 19.8. The van der Waals surface area contributed by atoms with Crippen molar-refractivity contribution in [2.75, 3.05) is 13.1 Å². The summed E-state index contributed by atoms with van der Waals surface area (Å²) in [6.07, 6.45) is -1.40. The second-order valence-corrected chi connectivity index (χ2v) is 9.86. The highest BCUT2D eigenvalue weighted by Gasteiger charge is 2.50. The normalized spacial score (nSPS) is 21.7. The molecule has 1 aliphatic heterocycles. The number of amides is 1. The summed E-state index contributed by atoms with van der Waals surface area (Å²) in [4.78, 5) is 13.1. The van der Waals surface area contributed by atoms with Crippen LogP contribution in [0.2, 0.25) is 0 Å². The monoisotopic (exact) mass is 389 g/mol. The maximum absolute atomic E-state index is 14.6. The van der Waals surface area contributed by atoms with Crippen molar-refractivity contribution in [2.24, 2.45) is 11.8 Å². The molecule has 2 unspecified atom stereocenters. The van der Waals surface area contributed by atoms with Gasteiger partial charge in [-0.1, -0.05) is 25.1 Å². The first-order valence-corrected chi connectivity index (χ1v) is 9.97. The van der Waals surface area contributed by atoms with Gasteiger partial charge in [0.1, 0.15) is 5.60 Å². The lowest BCUT2D eigenvalue weighted by Crippen LogP contribution is -2.36. The van der Waals surface area contributed by atoms with E-state index < -0.39 is 44.0 Å². The molecule has 1 aromatic rings. The molecule has 0 spiro atoms. The summed E-state index contributed by atoms with van der Waals surface area (Å²) in [7, 11) is -4.78. The number of hydrogen-bond donors (Lipinski definition) is 0. The molecular formula is C18H25F2NO4S. The Kier molecular flexibility index (Phi) is 5.66. The average Bonchev–Trinajstić information content (AvgIpc) is 2.87. The minimum Gasteiger partial charge on any atom is -0.444 e. The Morgan fingerprint density at radius 2 is 1.77 bits per heavy atom. The van der Waals surface area contributed by atoms with Crippen molar-refractivity contribution in [1.82, 2.24) is 4.90 Å². The smallest absolute Gasteiger partial charge is 0.410 e. The minimum atomic E-state index is -4.78. The Labute approximate surface area is 153 Å². The summed E-state index contributed by atoms with van der Waals surface area (Å²) >= 11 is 0. The molecule has 146 valence electrons. The molecule has 0 N–H and O–H groups in total. The summed E-state index contributed by atoms with van der Waals surface area (Å²) in [5.74, 6) is -0.879. The molecule has 0 aliphatic carbocycles. The van der Waals surface area contributed by atoms with Gasteiger partial charge in [-0.2, -0.15) is 8.78 Å². The number of halogens is 2. The maximum atomic E-state index is 14.6. The third-order valence-corrected chi connectivity index (χ3v) is 6.21. The van der Waals surface area contributed by atoms with Crippen molar-refractivity contribution in [3.8, 4) is 0 Å². The molecule has 1 amide bonds. The van der Waals surface area contributed by atoms with E-state index in [-0.39, 0.29) is 19.0 Å². The lowest BCUT2D eigenvalue weighted by atomic mass is 9.95. The van der Waals surface area contributed by atoms with E-state index in [1.165, 1.54) is 17.0 Å². The predicted molar refractivity (Wildman–Crippen MR) is 93.7 cm³/mol. The van der Waals surface area contributed by atoms with Crippen LogP contribution in [0.1, 0.15) is 34.1 Å². The molecule has 8 heteroatoms. The molecular weight excluding hydrogens is 364 g/mol. The van der Waals surface area contributed by atoms with Crippen molar-refractivity contribution >= 4 is 15.9 Å². The van der Waals surface area contributed by atoms with Gasteiger partial charge in [-0.25, -0.2) is 13.2 Å². The standard InChI is InChI=1S/C18H25F2NO4S/c1-13-11-21(16(22)25-17(2,3)4)12-14(13)10-18(19,20)26(23,24)15-8-6-5-7-9-15/h5-9,13-14H,10-12H2,1-4H3. The molecule has 2 rings (SSSR count). The number of carbonyl (C=O) groups excluding carboxylic acids is 1. The van der Waals surface area contributed by atoms with Gasteiger partial charge < -0.3 is 9.64 Å². The van der Waals surface area contributed by atoms with Gasteiger partial charge in [-0.05, 0) is 44.7 Å². The van der Waals surface area contributed by atoms with Gasteiger partial charge in [0, 0.05) is 19.5 Å². The first-order chi connectivity index (χ1) is 11.8. The molecule has 2 atom stereocenters. The summed E-state index contributed by atoms with van der Waals surface area (Å²) < 4.78 is 59.0. The fraction of sp³-hybridized carbons (Fsp3) is 0.611. The van der Waals surface area contributed by atoms with Crippen LogP contribution in [0, 0.1) is 11.8 Å². The van der Waals surface area contributed by atoms with Crippen molar-refractivity contribution in [2.45, 2.75) is 49.9 Å². The molecule has 0 aromatic heterocycles. The van der Waals surface area contributed by atoms with Crippen LogP contribution in [0.4, 0.5) is 13.6 Å². The molecule has 0 saturated carbocycles. The van der Waals surface area contributed by atoms with Crippen LogP contribution in [-0.2, 0) is 14.6 Å². The quantitative estimate of drug-likeness (QED) is 0.782. The lowest BCUT2D eigenvalue weighted by Gasteiger charge is -2.25. The lowest BCUT2D eigenvalue weighted by molar-refractivity contribution is 0.0266. The number of carbonyl (C=O) groups is 1. The van der Waals surface area contributed by atoms with Gasteiger partial charge in [0.05, 0.1) is 4.90 Å². The SMILES string of the molecule is CC1CN(C(=O)OC(C)(C)C)CC1CC(F)(F)S(=O)(=O)c1ccccc1. The third kappa shape index (κ3) is 4.52. The molecule has 1 aromatic carbocycles. The summed E-state index contributed by atoms with van der Waals surface area (Å²) in [6.45, 7) is 7.23. The minimum absolute atomic E-state index is 0.0516. The Bertz CT molecular complexity index is 744. The van der Waals surface area contributed by atoms with Crippen molar-refractivity contribution in [3.63, 3.8) is 0 Å². The van der Waals surface area contributed by atoms with E-state index in [9.17, 15) is 22.0 Å². The summed E-state index contributed by atoms with van der Waals surface area (Å²) in [5, 5.41) is -3.91. The van der Waals surface area contributed by atoms with Gasteiger partial charge >= 0.3 is 11.3 Å². The number of alkyl halides is 2. The number of sulfone groups is 1. The predicted octanol–water partition coefficient (Wildman–Crippen LogP) is 3.95. The molecule has 26 heavy (non-hydrogen) atoms. The third-order valence-electron chi connectivity index (χ3n) is 4.37. The highest BCUT2D eigenvalue weighted by atomic mass is 32.2. The first-order valence-electron chi connectivity index (χ1n) is 8.49. The van der Waals surface area contributed by atoms with Crippen molar-refractivity contribution in [1.29, 1.82) is 0 Å². The molecule has 1 saturated heterocycles. The van der Waals surface area contributed by atoms with Crippen LogP contribution in [-0.4, -0.2) is 43.4 Å². The van der Waals surface area contributed by atoms with Crippen LogP contribution in [0.25, 0.3) is 0 Å².